The molecule has 1 rings (SSSR count). The second kappa shape index (κ2) is 8.41. The van der Waals surface area contributed by atoms with Crippen LogP contribution in [0, 0.1) is 0 Å². The van der Waals surface area contributed by atoms with E-state index < -0.39 is 0 Å². The zero-order valence-electron chi connectivity index (χ0n) is 14.2. The number of aliphatic imine (C=N–C) groups is 1. The predicted molar refractivity (Wildman–Crippen MR) is 97.2 cm³/mol. The highest BCUT2D eigenvalue weighted by Gasteiger charge is 2.15. The van der Waals surface area contributed by atoms with Gasteiger partial charge in [-0.15, -0.1) is 0 Å². The van der Waals surface area contributed by atoms with Gasteiger partial charge in [0.05, 0.1) is 16.6 Å². The largest absolute Gasteiger partial charge is 0.350 e. The third kappa shape index (κ3) is 7.10. The van der Waals surface area contributed by atoms with E-state index in [1.807, 2.05) is 44.9 Å². The van der Waals surface area contributed by atoms with Gasteiger partial charge in [-0.1, -0.05) is 29.3 Å². The van der Waals surface area contributed by atoms with Crippen molar-refractivity contribution in [3.63, 3.8) is 0 Å². The summed E-state index contributed by atoms with van der Waals surface area (Å²) in [5.41, 5.74) is 0.748. The zero-order valence-corrected chi connectivity index (χ0v) is 15.7. The number of hydrogen-bond acceptors (Lipinski definition) is 2. The van der Waals surface area contributed by atoms with E-state index in [0.717, 1.165) is 5.56 Å². The SMILES string of the molecule is CN=C(NCC(=O)NC(C)(C)C)N(C)Cc1ccc(Cl)c(Cl)c1. The van der Waals surface area contributed by atoms with Gasteiger partial charge in [-0.05, 0) is 38.5 Å². The molecule has 0 unspecified atom stereocenters. The lowest BCUT2D eigenvalue weighted by atomic mass is 10.1. The van der Waals surface area contributed by atoms with Crippen molar-refractivity contribution < 1.29 is 4.79 Å². The lowest BCUT2D eigenvalue weighted by Crippen LogP contribution is -2.48. The summed E-state index contributed by atoms with van der Waals surface area (Å²) in [6.07, 6.45) is 0. The van der Waals surface area contributed by atoms with E-state index in [9.17, 15) is 4.79 Å². The van der Waals surface area contributed by atoms with Crippen LogP contribution in [0.15, 0.2) is 23.2 Å². The van der Waals surface area contributed by atoms with E-state index >= 15 is 0 Å². The molecule has 23 heavy (non-hydrogen) atoms. The minimum Gasteiger partial charge on any atom is -0.350 e. The normalized spacial score (nSPS) is 12.0. The smallest absolute Gasteiger partial charge is 0.239 e. The van der Waals surface area contributed by atoms with Crippen molar-refractivity contribution in [2.45, 2.75) is 32.9 Å². The van der Waals surface area contributed by atoms with Crippen LogP contribution in [0.5, 0.6) is 0 Å². The quantitative estimate of drug-likeness (QED) is 0.642. The van der Waals surface area contributed by atoms with Gasteiger partial charge < -0.3 is 15.5 Å². The summed E-state index contributed by atoms with van der Waals surface area (Å²) in [7, 11) is 3.56. The number of nitrogens with one attached hydrogen (secondary N) is 2. The Hall–Kier alpha value is -1.46. The van der Waals surface area contributed by atoms with Crippen LogP contribution >= 0.6 is 23.2 Å². The van der Waals surface area contributed by atoms with Crippen molar-refractivity contribution in [1.82, 2.24) is 15.5 Å². The third-order valence-corrected chi connectivity index (χ3v) is 3.64. The molecule has 0 atom stereocenters. The molecule has 0 radical (unpaired) electrons. The molecule has 0 heterocycles. The van der Waals surface area contributed by atoms with Crippen LogP contribution in [-0.4, -0.2) is 42.9 Å². The van der Waals surface area contributed by atoms with Gasteiger partial charge in [0.15, 0.2) is 5.96 Å². The highest BCUT2D eigenvalue weighted by atomic mass is 35.5. The molecule has 1 amide bonds. The summed E-state index contributed by atoms with van der Waals surface area (Å²) < 4.78 is 0. The lowest BCUT2D eigenvalue weighted by Gasteiger charge is -2.24. The summed E-state index contributed by atoms with van der Waals surface area (Å²) in [5.74, 6) is 0.543. The molecule has 0 saturated carbocycles. The average molecular weight is 359 g/mol. The van der Waals surface area contributed by atoms with Crippen LogP contribution < -0.4 is 10.6 Å². The summed E-state index contributed by atoms with van der Waals surface area (Å²) in [4.78, 5) is 18.0. The molecule has 0 aliphatic heterocycles. The van der Waals surface area contributed by atoms with Gasteiger partial charge in [0.1, 0.15) is 0 Å². The van der Waals surface area contributed by atoms with Crippen LogP contribution in [0.3, 0.4) is 0 Å². The molecule has 7 heteroatoms. The number of carbonyl (C=O) groups is 1. The number of hydrogen-bond donors (Lipinski definition) is 2. The number of benzene rings is 1. The van der Waals surface area contributed by atoms with Crippen LogP contribution in [0.1, 0.15) is 26.3 Å². The molecular weight excluding hydrogens is 335 g/mol. The Bertz CT molecular complexity index is 582. The number of rotatable bonds is 4. The molecule has 0 aliphatic rings. The topological polar surface area (TPSA) is 56.7 Å². The van der Waals surface area contributed by atoms with E-state index in [4.69, 9.17) is 23.2 Å². The fourth-order valence-electron chi connectivity index (χ4n) is 1.99. The predicted octanol–water partition coefficient (Wildman–Crippen LogP) is 2.92. The zero-order chi connectivity index (χ0) is 17.6. The first-order valence-electron chi connectivity index (χ1n) is 7.29. The number of amides is 1. The first-order valence-corrected chi connectivity index (χ1v) is 8.04. The number of guanidine groups is 1. The average Bonchev–Trinajstić information content (AvgIpc) is 2.41. The summed E-state index contributed by atoms with van der Waals surface area (Å²) in [6.45, 7) is 6.58. The fraction of sp³-hybridized carbons (Fsp3) is 0.500. The molecule has 1 aromatic rings. The van der Waals surface area contributed by atoms with Crippen molar-refractivity contribution in [3.8, 4) is 0 Å². The summed E-state index contributed by atoms with van der Waals surface area (Å²) in [6, 6.07) is 5.49. The Morgan fingerprint density at radius 1 is 1.26 bits per heavy atom. The van der Waals surface area contributed by atoms with Gasteiger partial charge in [-0.25, -0.2) is 0 Å². The number of nitrogens with zero attached hydrogens (tertiary/aromatic N) is 2. The standard InChI is InChI=1S/C16H24Cl2N4O/c1-16(2,3)21-14(23)9-20-15(19-4)22(5)10-11-6-7-12(17)13(18)8-11/h6-8H,9-10H2,1-5H3,(H,19,20)(H,21,23). The number of halogens is 2. The molecule has 5 nitrogen and oxygen atoms in total. The van der Waals surface area contributed by atoms with Crippen molar-refractivity contribution in [3.05, 3.63) is 33.8 Å². The molecule has 0 bridgehead atoms. The Balaban J connectivity index is 2.60. The second-order valence-electron chi connectivity index (χ2n) is 6.30. The Morgan fingerprint density at radius 3 is 2.43 bits per heavy atom. The molecule has 0 aromatic heterocycles. The molecule has 0 saturated heterocycles. The molecule has 0 fully saturated rings. The highest BCUT2D eigenvalue weighted by Crippen LogP contribution is 2.23. The Kier molecular flexibility index (Phi) is 7.16. The highest BCUT2D eigenvalue weighted by molar-refractivity contribution is 6.42. The summed E-state index contributed by atoms with van der Waals surface area (Å²) >= 11 is 11.9. The van der Waals surface area contributed by atoms with Gasteiger partial charge in [-0.3, -0.25) is 9.79 Å². The molecule has 2 N–H and O–H groups in total. The van der Waals surface area contributed by atoms with Crippen LogP contribution in [0.4, 0.5) is 0 Å². The molecule has 128 valence electrons. The van der Waals surface area contributed by atoms with Gasteiger partial charge in [-0.2, -0.15) is 0 Å². The van der Waals surface area contributed by atoms with Crippen molar-refractivity contribution >= 4 is 35.1 Å². The van der Waals surface area contributed by atoms with E-state index in [0.29, 0.717) is 22.5 Å². The third-order valence-electron chi connectivity index (χ3n) is 2.90. The van der Waals surface area contributed by atoms with Crippen molar-refractivity contribution in [2.75, 3.05) is 20.6 Å². The van der Waals surface area contributed by atoms with E-state index in [-0.39, 0.29) is 18.0 Å². The van der Waals surface area contributed by atoms with Crippen molar-refractivity contribution in [1.29, 1.82) is 0 Å². The molecular formula is C16H24Cl2N4O. The van der Waals surface area contributed by atoms with Crippen LogP contribution in [0.2, 0.25) is 10.0 Å². The van der Waals surface area contributed by atoms with Gasteiger partial charge in [0.2, 0.25) is 5.91 Å². The van der Waals surface area contributed by atoms with Gasteiger partial charge in [0.25, 0.3) is 0 Å². The summed E-state index contributed by atoms with van der Waals surface area (Å²) in [5, 5.41) is 6.98. The number of carbonyl (C=O) groups excluding carboxylic acids is 1. The Labute approximate surface area is 148 Å². The first kappa shape index (κ1) is 19.6. The Morgan fingerprint density at radius 2 is 1.91 bits per heavy atom. The van der Waals surface area contributed by atoms with E-state index in [1.54, 1.807) is 13.1 Å². The van der Waals surface area contributed by atoms with Crippen molar-refractivity contribution in [2.24, 2.45) is 4.99 Å². The van der Waals surface area contributed by atoms with E-state index in [1.165, 1.54) is 0 Å². The molecule has 0 spiro atoms. The van der Waals surface area contributed by atoms with Gasteiger partial charge >= 0.3 is 0 Å². The van der Waals surface area contributed by atoms with Crippen LogP contribution in [0.25, 0.3) is 0 Å². The first-order chi connectivity index (χ1) is 10.6. The maximum Gasteiger partial charge on any atom is 0.239 e. The minimum absolute atomic E-state index is 0.0819. The van der Waals surface area contributed by atoms with Gasteiger partial charge in [0, 0.05) is 26.2 Å². The fourth-order valence-corrected chi connectivity index (χ4v) is 2.31. The minimum atomic E-state index is -0.256. The second-order valence-corrected chi connectivity index (χ2v) is 7.12. The van der Waals surface area contributed by atoms with E-state index in [2.05, 4.69) is 15.6 Å². The monoisotopic (exact) mass is 358 g/mol. The lowest BCUT2D eigenvalue weighted by molar-refractivity contribution is -0.121. The molecule has 0 aliphatic carbocycles. The molecule has 1 aromatic carbocycles. The van der Waals surface area contributed by atoms with Crippen LogP contribution in [-0.2, 0) is 11.3 Å². The maximum atomic E-state index is 11.9. The maximum absolute atomic E-state index is 11.9.